The Bertz CT molecular complexity index is 510. The normalized spacial score (nSPS) is 21.1. The molecule has 3 rings (SSSR count). The van der Waals surface area contributed by atoms with E-state index in [1.165, 1.54) is 6.07 Å². The van der Waals surface area contributed by atoms with Gasteiger partial charge >= 0.3 is 0 Å². The first-order valence-corrected chi connectivity index (χ1v) is 7.69. The van der Waals surface area contributed by atoms with Crippen LogP contribution in [0, 0.1) is 5.82 Å². The molecular formula is C16H22FN3O. The first-order valence-electron chi connectivity index (χ1n) is 7.69. The fraction of sp³-hybridized carbons (Fsp3) is 0.562. The van der Waals surface area contributed by atoms with Gasteiger partial charge in [0, 0.05) is 32.2 Å². The summed E-state index contributed by atoms with van der Waals surface area (Å²) >= 11 is 0. The SMILES string of the molecule is C[C@@H](C(=O)NC1CC1)N1CCN(c2ccccc2F)CC1. The van der Waals surface area contributed by atoms with Crippen molar-refractivity contribution >= 4 is 11.6 Å². The quantitative estimate of drug-likeness (QED) is 0.915. The number of carbonyl (C=O) groups is 1. The van der Waals surface area contributed by atoms with Crippen molar-refractivity contribution in [1.29, 1.82) is 0 Å². The Morgan fingerprint density at radius 3 is 2.52 bits per heavy atom. The fourth-order valence-corrected chi connectivity index (χ4v) is 2.77. The van der Waals surface area contributed by atoms with Crippen molar-refractivity contribution in [2.45, 2.75) is 31.8 Å². The van der Waals surface area contributed by atoms with Gasteiger partial charge < -0.3 is 10.2 Å². The maximum atomic E-state index is 13.8. The highest BCUT2D eigenvalue weighted by molar-refractivity contribution is 5.81. The minimum atomic E-state index is -0.175. The number of carbonyl (C=O) groups excluding carboxylic acids is 1. The standard InChI is InChI=1S/C16H22FN3O/c1-12(16(21)18-13-6-7-13)19-8-10-20(11-9-19)15-5-3-2-4-14(15)17/h2-5,12-13H,6-11H2,1H3,(H,18,21)/t12-/m0/s1. The predicted molar refractivity (Wildman–Crippen MR) is 80.8 cm³/mol. The number of nitrogens with one attached hydrogen (secondary N) is 1. The number of piperazine rings is 1. The van der Waals surface area contributed by atoms with Crippen molar-refractivity contribution in [2.24, 2.45) is 0 Å². The number of para-hydroxylation sites is 1. The number of hydrogen-bond acceptors (Lipinski definition) is 3. The van der Waals surface area contributed by atoms with E-state index in [1.807, 2.05) is 19.1 Å². The lowest BCUT2D eigenvalue weighted by atomic mass is 10.2. The number of benzene rings is 1. The van der Waals surface area contributed by atoms with E-state index < -0.39 is 0 Å². The second kappa shape index (κ2) is 6.02. The minimum absolute atomic E-state index is 0.103. The zero-order chi connectivity index (χ0) is 14.8. The van der Waals surface area contributed by atoms with E-state index >= 15 is 0 Å². The van der Waals surface area contributed by atoms with Gasteiger partial charge in [0.1, 0.15) is 5.82 Å². The van der Waals surface area contributed by atoms with E-state index in [0.29, 0.717) is 11.7 Å². The van der Waals surface area contributed by atoms with Crippen molar-refractivity contribution in [3.05, 3.63) is 30.1 Å². The summed E-state index contributed by atoms with van der Waals surface area (Å²) in [7, 11) is 0. The van der Waals surface area contributed by atoms with E-state index in [4.69, 9.17) is 0 Å². The van der Waals surface area contributed by atoms with Crippen LogP contribution in [0.1, 0.15) is 19.8 Å². The molecule has 2 aliphatic rings. The van der Waals surface area contributed by atoms with Gasteiger partial charge in [-0.15, -0.1) is 0 Å². The zero-order valence-electron chi connectivity index (χ0n) is 12.4. The maximum absolute atomic E-state index is 13.8. The average molecular weight is 291 g/mol. The van der Waals surface area contributed by atoms with Gasteiger partial charge in [-0.25, -0.2) is 4.39 Å². The lowest BCUT2D eigenvalue weighted by molar-refractivity contribution is -0.126. The Kier molecular flexibility index (Phi) is 4.10. The summed E-state index contributed by atoms with van der Waals surface area (Å²) in [6.45, 7) is 5.03. The summed E-state index contributed by atoms with van der Waals surface area (Å²) in [5, 5.41) is 3.05. The summed E-state index contributed by atoms with van der Waals surface area (Å²) < 4.78 is 13.8. The van der Waals surface area contributed by atoms with Crippen molar-refractivity contribution < 1.29 is 9.18 Å². The molecule has 0 bridgehead atoms. The third kappa shape index (κ3) is 3.35. The molecule has 4 nitrogen and oxygen atoms in total. The lowest BCUT2D eigenvalue weighted by Crippen LogP contribution is -2.54. The smallest absolute Gasteiger partial charge is 0.237 e. The van der Waals surface area contributed by atoms with Gasteiger partial charge in [0.15, 0.2) is 0 Å². The van der Waals surface area contributed by atoms with Crippen molar-refractivity contribution in [3.63, 3.8) is 0 Å². The molecule has 1 aliphatic heterocycles. The van der Waals surface area contributed by atoms with E-state index in [1.54, 1.807) is 6.07 Å². The second-order valence-electron chi connectivity index (χ2n) is 5.93. The van der Waals surface area contributed by atoms with Crippen molar-refractivity contribution in [1.82, 2.24) is 10.2 Å². The highest BCUT2D eigenvalue weighted by Gasteiger charge is 2.30. The van der Waals surface area contributed by atoms with Crippen LogP contribution in [-0.2, 0) is 4.79 Å². The number of rotatable bonds is 4. The van der Waals surface area contributed by atoms with Gasteiger partial charge in [-0.3, -0.25) is 9.69 Å². The first kappa shape index (κ1) is 14.3. The van der Waals surface area contributed by atoms with Gasteiger partial charge in [0.2, 0.25) is 5.91 Å². The van der Waals surface area contributed by atoms with Crippen LogP contribution < -0.4 is 10.2 Å². The molecule has 1 saturated carbocycles. The number of anilines is 1. The Morgan fingerprint density at radius 1 is 1.24 bits per heavy atom. The topological polar surface area (TPSA) is 35.6 Å². The number of hydrogen-bond donors (Lipinski definition) is 1. The van der Waals surface area contributed by atoms with Crippen LogP contribution in [0.25, 0.3) is 0 Å². The molecule has 1 aromatic rings. The number of amides is 1. The van der Waals surface area contributed by atoms with Crippen molar-refractivity contribution in [2.75, 3.05) is 31.1 Å². The third-order valence-electron chi connectivity index (χ3n) is 4.36. The molecule has 114 valence electrons. The Hall–Kier alpha value is -1.62. The van der Waals surface area contributed by atoms with E-state index in [2.05, 4.69) is 15.1 Å². The molecule has 1 N–H and O–H groups in total. The Morgan fingerprint density at radius 2 is 1.90 bits per heavy atom. The van der Waals surface area contributed by atoms with E-state index in [0.717, 1.165) is 39.0 Å². The molecule has 0 spiro atoms. The van der Waals surface area contributed by atoms with Crippen LogP contribution in [0.3, 0.4) is 0 Å². The van der Waals surface area contributed by atoms with Crippen molar-refractivity contribution in [3.8, 4) is 0 Å². The maximum Gasteiger partial charge on any atom is 0.237 e. The van der Waals surface area contributed by atoms with Gasteiger partial charge in [-0.05, 0) is 31.9 Å². The van der Waals surface area contributed by atoms with Gasteiger partial charge in [-0.2, -0.15) is 0 Å². The van der Waals surface area contributed by atoms with E-state index in [9.17, 15) is 9.18 Å². The Labute approximate surface area is 124 Å². The summed E-state index contributed by atoms with van der Waals surface area (Å²) in [4.78, 5) is 16.3. The molecule has 1 heterocycles. The third-order valence-corrected chi connectivity index (χ3v) is 4.36. The summed E-state index contributed by atoms with van der Waals surface area (Å²) in [6, 6.07) is 7.17. The summed E-state index contributed by atoms with van der Waals surface area (Å²) in [5.74, 6) is -0.0534. The molecule has 0 unspecified atom stereocenters. The first-order chi connectivity index (χ1) is 10.1. The molecule has 1 atom stereocenters. The van der Waals surface area contributed by atoms with Crippen LogP contribution >= 0.6 is 0 Å². The van der Waals surface area contributed by atoms with Crippen LogP contribution in [0.2, 0.25) is 0 Å². The molecule has 1 aromatic carbocycles. The van der Waals surface area contributed by atoms with Gasteiger partial charge in [0.05, 0.1) is 11.7 Å². The monoisotopic (exact) mass is 291 g/mol. The van der Waals surface area contributed by atoms with Crippen LogP contribution in [0.15, 0.2) is 24.3 Å². The number of nitrogens with zero attached hydrogens (tertiary/aromatic N) is 2. The highest BCUT2D eigenvalue weighted by Crippen LogP contribution is 2.22. The molecule has 0 aromatic heterocycles. The minimum Gasteiger partial charge on any atom is -0.367 e. The molecule has 1 amide bonds. The lowest BCUT2D eigenvalue weighted by Gasteiger charge is -2.38. The predicted octanol–water partition coefficient (Wildman–Crippen LogP) is 1.61. The molecule has 2 fully saturated rings. The summed E-state index contributed by atoms with van der Waals surface area (Å²) in [6.07, 6.45) is 2.22. The van der Waals surface area contributed by atoms with Gasteiger partial charge in [-0.1, -0.05) is 12.1 Å². The second-order valence-corrected chi connectivity index (χ2v) is 5.93. The van der Waals surface area contributed by atoms with Crippen LogP contribution in [0.4, 0.5) is 10.1 Å². The fourth-order valence-electron chi connectivity index (χ4n) is 2.77. The van der Waals surface area contributed by atoms with Crippen LogP contribution in [0.5, 0.6) is 0 Å². The van der Waals surface area contributed by atoms with E-state index in [-0.39, 0.29) is 17.8 Å². The molecule has 21 heavy (non-hydrogen) atoms. The highest BCUT2D eigenvalue weighted by atomic mass is 19.1. The molecule has 1 aliphatic carbocycles. The van der Waals surface area contributed by atoms with Gasteiger partial charge in [0.25, 0.3) is 0 Å². The molecular weight excluding hydrogens is 269 g/mol. The number of halogens is 1. The molecule has 0 radical (unpaired) electrons. The largest absolute Gasteiger partial charge is 0.367 e. The zero-order valence-corrected chi connectivity index (χ0v) is 12.4. The molecule has 1 saturated heterocycles. The van der Waals surface area contributed by atoms with Crippen LogP contribution in [-0.4, -0.2) is 49.1 Å². The Balaban J connectivity index is 1.54. The molecule has 5 heteroatoms. The summed E-state index contributed by atoms with van der Waals surface area (Å²) in [5.41, 5.74) is 0.659. The average Bonchev–Trinajstić information content (AvgIpc) is 3.31.